The van der Waals surface area contributed by atoms with E-state index in [1.165, 1.54) is 19.3 Å². The molecule has 0 aliphatic carbocycles. The van der Waals surface area contributed by atoms with Crippen molar-refractivity contribution in [1.82, 2.24) is 0 Å². The van der Waals surface area contributed by atoms with Crippen LogP contribution >= 0.6 is 15.9 Å². The van der Waals surface area contributed by atoms with E-state index in [0.29, 0.717) is 10.7 Å². The second kappa shape index (κ2) is 5.60. The quantitative estimate of drug-likeness (QED) is 0.726. The number of alkyl halides is 1. The highest BCUT2D eigenvalue weighted by Gasteiger charge is 2.35. The van der Waals surface area contributed by atoms with Gasteiger partial charge in [-0.25, -0.2) is 4.39 Å². The first kappa shape index (κ1) is 13.9. The topological polar surface area (TPSA) is 3.24 Å². The molecule has 2 rings (SSSR count). The summed E-state index contributed by atoms with van der Waals surface area (Å²) in [6, 6.07) is 5.57. The molecule has 1 fully saturated rings. The van der Waals surface area contributed by atoms with E-state index in [1.54, 1.807) is 6.07 Å². The van der Waals surface area contributed by atoms with E-state index in [4.69, 9.17) is 0 Å². The van der Waals surface area contributed by atoms with Gasteiger partial charge in [0.15, 0.2) is 0 Å². The Morgan fingerprint density at radius 1 is 1.33 bits per heavy atom. The molecule has 1 heterocycles. The Kier molecular flexibility index (Phi) is 4.31. The molecule has 3 heteroatoms. The number of hydrogen-bond donors (Lipinski definition) is 0. The van der Waals surface area contributed by atoms with Gasteiger partial charge in [-0.15, -0.1) is 0 Å². The lowest BCUT2D eigenvalue weighted by Gasteiger charge is -2.27. The Bertz CT molecular complexity index is 415. The minimum Gasteiger partial charge on any atom is -0.369 e. The van der Waals surface area contributed by atoms with Crippen molar-refractivity contribution in [3.63, 3.8) is 0 Å². The minimum atomic E-state index is -0.0880. The first-order chi connectivity index (χ1) is 8.64. The summed E-state index contributed by atoms with van der Waals surface area (Å²) in [5.41, 5.74) is 2.15. The highest BCUT2D eigenvalue weighted by atomic mass is 79.9. The molecule has 1 aliphatic heterocycles. The van der Waals surface area contributed by atoms with E-state index < -0.39 is 0 Å². The molecule has 0 atom stereocenters. The van der Waals surface area contributed by atoms with Gasteiger partial charge in [0.05, 0.1) is 5.69 Å². The predicted octanol–water partition coefficient (Wildman–Crippen LogP) is 4.74. The van der Waals surface area contributed by atoms with Crippen LogP contribution in [0.15, 0.2) is 18.2 Å². The fourth-order valence-electron chi connectivity index (χ4n) is 2.86. The van der Waals surface area contributed by atoms with Crippen LogP contribution in [0.2, 0.25) is 0 Å². The van der Waals surface area contributed by atoms with Crippen molar-refractivity contribution in [2.45, 2.75) is 38.4 Å². The molecule has 100 valence electrons. The van der Waals surface area contributed by atoms with E-state index >= 15 is 0 Å². The van der Waals surface area contributed by atoms with Crippen LogP contribution < -0.4 is 4.90 Å². The Labute approximate surface area is 118 Å². The first-order valence-corrected chi connectivity index (χ1v) is 7.85. The Hall–Kier alpha value is -0.570. The molecule has 0 aromatic heterocycles. The van der Waals surface area contributed by atoms with Gasteiger partial charge < -0.3 is 4.90 Å². The molecular weight excluding hydrogens is 293 g/mol. The average Bonchev–Trinajstić information content (AvgIpc) is 2.83. The van der Waals surface area contributed by atoms with E-state index in [1.807, 2.05) is 12.1 Å². The summed E-state index contributed by atoms with van der Waals surface area (Å²) >= 11 is 3.36. The van der Waals surface area contributed by atoms with E-state index in [0.717, 1.165) is 24.3 Å². The zero-order chi connectivity index (χ0) is 13.2. The van der Waals surface area contributed by atoms with Crippen LogP contribution in [-0.2, 0) is 5.33 Å². The van der Waals surface area contributed by atoms with Crippen LogP contribution in [0.4, 0.5) is 10.1 Å². The fourth-order valence-corrected chi connectivity index (χ4v) is 3.21. The Balaban J connectivity index is 2.19. The highest BCUT2D eigenvalue weighted by Crippen LogP contribution is 2.39. The average molecular weight is 314 g/mol. The zero-order valence-corrected chi connectivity index (χ0v) is 12.8. The van der Waals surface area contributed by atoms with Crippen LogP contribution in [0.5, 0.6) is 0 Å². The van der Waals surface area contributed by atoms with E-state index in [9.17, 15) is 4.39 Å². The number of benzene rings is 1. The van der Waals surface area contributed by atoms with Crippen LogP contribution in [0, 0.1) is 11.2 Å². The molecule has 0 spiro atoms. The summed E-state index contributed by atoms with van der Waals surface area (Å²) in [6.07, 6.45) is 3.54. The Morgan fingerprint density at radius 3 is 2.56 bits per heavy atom. The van der Waals surface area contributed by atoms with Gasteiger partial charge in [0.25, 0.3) is 0 Å². The lowest BCUT2D eigenvalue weighted by Crippen LogP contribution is -2.26. The number of hydrogen-bond acceptors (Lipinski definition) is 1. The van der Waals surface area contributed by atoms with Gasteiger partial charge in [0, 0.05) is 18.4 Å². The fraction of sp³-hybridized carbons (Fsp3) is 0.600. The van der Waals surface area contributed by atoms with Gasteiger partial charge >= 0.3 is 0 Å². The monoisotopic (exact) mass is 313 g/mol. The van der Waals surface area contributed by atoms with Crippen molar-refractivity contribution in [2.24, 2.45) is 5.41 Å². The summed E-state index contributed by atoms with van der Waals surface area (Å²) in [5, 5.41) is 0.706. The van der Waals surface area contributed by atoms with Gasteiger partial charge in [-0.05, 0) is 42.4 Å². The zero-order valence-electron chi connectivity index (χ0n) is 11.2. The number of halogens is 2. The van der Waals surface area contributed by atoms with Gasteiger partial charge in [-0.1, -0.05) is 35.8 Å². The molecule has 1 aromatic carbocycles. The molecule has 18 heavy (non-hydrogen) atoms. The third-order valence-corrected chi connectivity index (χ3v) is 5.09. The molecule has 0 bridgehead atoms. The Morgan fingerprint density at radius 2 is 2.06 bits per heavy atom. The number of anilines is 1. The highest BCUT2D eigenvalue weighted by molar-refractivity contribution is 9.08. The third-order valence-electron chi connectivity index (χ3n) is 4.45. The smallest absolute Gasteiger partial charge is 0.146 e. The van der Waals surface area contributed by atoms with Gasteiger partial charge in [-0.2, -0.15) is 0 Å². The largest absolute Gasteiger partial charge is 0.369 e. The second-order valence-corrected chi connectivity index (χ2v) is 5.86. The molecule has 1 nitrogen and oxygen atoms in total. The molecule has 1 saturated heterocycles. The first-order valence-electron chi connectivity index (χ1n) is 6.73. The SMILES string of the molecule is CCC1(CC)CCN(c2ccc(CBr)cc2F)C1. The molecule has 0 saturated carbocycles. The maximum Gasteiger partial charge on any atom is 0.146 e. The lowest BCUT2D eigenvalue weighted by molar-refractivity contribution is 0.301. The third kappa shape index (κ3) is 2.56. The molecular formula is C15H21BrFN. The summed E-state index contributed by atoms with van der Waals surface area (Å²) in [6.45, 7) is 6.46. The van der Waals surface area contributed by atoms with E-state index in [2.05, 4.69) is 34.7 Å². The van der Waals surface area contributed by atoms with Crippen molar-refractivity contribution >= 4 is 21.6 Å². The molecule has 0 N–H and O–H groups in total. The van der Waals surface area contributed by atoms with Crippen molar-refractivity contribution in [3.05, 3.63) is 29.6 Å². The number of nitrogens with zero attached hydrogens (tertiary/aromatic N) is 1. The summed E-state index contributed by atoms with van der Waals surface area (Å²) in [7, 11) is 0. The van der Waals surface area contributed by atoms with Crippen LogP contribution in [0.1, 0.15) is 38.7 Å². The standard InChI is InChI=1S/C15H21BrFN/c1-3-15(4-2)7-8-18(11-15)14-6-5-12(10-16)9-13(14)17/h5-6,9H,3-4,7-8,10-11H2,1-2H3. The maximum absolute atomic E-state index is 14.1. The summed E-state index contributed by atoms with van der Waals surface area (Å²) < 4.78 is 14.1. The molecule has 0 unspecified atom stereocenters. The van der Waals surface area contributed by atoms with Crippen LogP contribution in [-0.4, -0.2) is 13.1 Å². The second-order valence-electron chi connectivity index (χ2n) is 5.30. The summed E-state index contributed by atoms with van der Waals surface area (Å²) in [5.74, 6) is -0.0880. The van der Waals surface area contributed by atoms with Crippen molar-refractivity contribution in [2.75, 3.05) is 18.0 Å². The maximum atomic E-state index is 14.1. The predicted molar refractivity (Wildman–Crippen MR) is 78.9 cm³/mol. The molecule has 1 aromatic rings. The normalized spacial score (nSPS) is 18.3. The van der Waals surface area contributed by atoms with Crippen molar-refractivity contribution in [3.8, 4) is 0 Å². The van der Waals surface area contributed by atoms with Gasteiger partial charge in [0.2, 0.25) is 0 Å². The molecule has 0 amide bonds. The van der Waals surface area contributed by atoms with Crippen molar-refractivity contribution < 1.29 is 4.39 Å². The van der Waals surface area contributed by atoms with Crippen LogP contribution in [0.3, 0.4) is 0 Å². The minimum absolute atomic E-state index is 0.0880. The van der Waals surface area contributed by atoms with Gasteiger partial charge in [0.1, 0.15) is 5.82 Å². The summed E-state index contributed by atoms with van der Waals surface area (Å²) in [4.78, 5) is 2.21. The number of rotatable bonds is 4. The van der Waals surface area contributed by atoms with Crippen molar-refractivity contribution in [1.29, 1.82) is 0 Å². The molecule has 0 radical (unpaired) electrons. The van der Waals surface area contributed by atoms with Gasteiger partial charge in [-0.3, -0.25) is 0 Å². The molecule has 1 aliphatic rings. The van der Waals surface area contributed by atoms with E-state index in [-0.39, 0.29) is 5.82 Å². The lowest BCUT2D eigenvalue weighted by atomic mass is 9.82. The van der Waals surface area contributed by atoms with Crippen LogP contribution in [0.25, 0.3) is 0 Å².